The monoisotopic (exact) mass is 328 g/mol. The Morgan fingerprint density at radius 1 is 0.952 bits per heavy atom. The summed E-state index contributed by atoms with van der Waals surface area (Å²) in [5.74, 6) is -0.758. The van der Waals surface area contributed by atoms with Crippen molar-refractivity contribution in [2.75, 3.05) is 11.8 Å². The van der Waals surface area contributed by atoms with E-state index < -0.39 is 17.0 Å². The summed E-state index contributed by atoms with van der Waals surface area (Å²) in [5.41, 5.74) is 1.29. The van der Waals surface area contributed by atoms with Crippen molar-refractivity contribution in [1.29, 1.82) is 0 Å². The maximum Gasteiger partial charge on any atom is 0.129 e. The Balaban J connectivity index is 2.48. The highest BCUT2D eigenvalue weighted by atomic mass is 35.5. The van der Waals surface area contributed by atoms with Crippen LogP contribution in [0, 0.1) is 18.6 Å². The Bertz CT molecular complexity index is 602. The molecule has 0 aliphatic rings. The Kier molecular flexibility index (Phi) is 5.23. The Morgan fingerprint density at radius 3 is 2.05 bits per heavy atom. The zero-order valence-electron chi connectivity index (χ0n) is 11.7. The fraction of sp³-hybridized carbons (Fsp3) is 0.294. The van der Waals surface area contributed by atoms with Gasteiger partial charge in [0.05, 0.1) is 0 Å². The van der Waals surface area contributed by atoms with E-state index in [0.717, 1.165) is 11.1 Å². The van der Waals surface area contributed by atoms with Gasteiger partial charge in [-0.3, -0.25) is 0 Å². The third-order valence-corrected chi connectivity index (χ3v) is 4.74. The minimum Gasteiger partial charge on any atom is -0.207 e. The van der Waals surface area contributed by atoms with E-state index in [1.54, 1.807) is 0 Å². The molecule has 2 aromatic carbocycles. The fourth-order valence-corrected chi connectivity index (χ4v) is 3.18. The van der Waals surface area contributed by atoms with Gasteiger partial charge in [-0.25, -0.2) is 8.78 Å². The van der Waals surface area contributed by atoms with Crippen LogP contribution in [-0.4, -0.2) is 11.8 Å². The van der Waals surface area contributed by atoms with Crippen LogP contribution in [0.4, 0.5) is 8.78 Å². The van der Waals surface area contributed by atoms with Gasteiger partial charge in [-0.2, -0.15) is 0 Å². The molecule has 0 fully saturated rings. The lowest BCUT2D eigenvalue weighted by molar-refractivity contribution is 0.483. The Morgan fingerprint density at radius 2 is 1.52 bits per heavy atom. The van der Waals surface area contributed by atoms with Gasteiger partial charge < -0.3 is 0 Å². The molecule has 0 saturated heterocycles. The van der Waals surface area contributed by atoms with Crippen molar-refractivity contribution >= 4 is 23.2 Å². The molecule has 0 atom stereocenters. The largest absolute Gasteiger partial charge is 0.207 e. The van der Waals surface area contributed by atoms with E-state index in [4.69, 9.17) is 23.2 Å². The molecule has 2 aromatic rings. The lowest BCUT2D eigenvalue weighted by Crippen LogP contribution is -2.34. The van der Waals surface area contributed by atoms with Crippen LogP contribution in [0.3, 0.4) is 0 Å². The van der Waals surface area contributed by atoms with Crippen LogP contribution in [0.15, 0.2) is 42.5 Å². The van der Waals surface area contributed by atoms with Crippen LogP contribution in [0.5, 0.6) is 0 Å². The molecule has 0 nitrogen and oxygen atoms in total. The van der Waals surface area contributed by atoms with Crippen molar-refractivity contribution in [1.82, 2.24) is 0 Å². The molecular formula is C17H16Cl2F2. The molecule has 2 rings (SSSR count). The number of halogens is 4. The van der Waals surface area contributed by atoms with Crippen LogP contribution >= 0.6 is 23.2 Å². The van der Waals surface area contributed by atoms with E-state index in [2.05, 4.69) is 0 Å². The first-order valence-corrected chi connectivity index (χ1v) is 7.71. The van der Waals surface area contributed by atoms with Crippen molar-refractivity contribution < 1.29 is 8.78 Å². The maximum atomic E-state index is 13.9. The van der Waals surface area contributed by atoms with E-state index in [-0.39, 0.29) is 23.7 Å². The number of aryl methyl sites for hydroxylation is 1. The third-order valence-electron chi connectivity index (χ3n) is 3.72. The predicted octanol–water partition coefficient (Wildman–Crippen LogP) is 5.23. The first kappa shape index (κ1) is 16.3. The molecule has 0 heterocycles. The van der Waals surface area contributed by atoms with E-state index in [9.17, 15) is 8.78 Å². The highest BCUT2D eigenvalue weighted by molar-refractivity contribution is 6.22. The molecule has 112 valence electrons. The molecule has 0 aliphatic heterocycles. The molecular weight excluding hydrogens is 313 g/mol. The van der Waals surface area contributed by atoms with Gasteiger partial charge in [0, 0.05) is 22.7 Å². The van der Waals surface area contributed by atoms with Gasteiger partial charge in [-0.1, -0.05) is 35.9 Å². The van der Waals surface area contributed by atoms with E-state index >= 15 is 0 Å². The van der Waals surface area contributed by atoms with E-state index in [1.165, 1.54) is 18.2 Å². The molecule has 0 bridgehead atoms. The lowest BCUT2D eigenvalue weighted by Gasteiger charge is -2.31. The molecule has 0 unspecified atom stereocenters. The zero-order valence-corrected chi connectivity index (χ0v) is 13.2. The number of alkyl halides is 2. The fourth-order valence-electron chi connectivity index (χ4n) is 2.40. The second kappa shape index (κ2) is 6.76. The standard InChI is InChI=1S/C17H16Cl2F2/c1-12-4-2-5-13(8-12)17(10-18,11-19)9-14-15(20)6-3-7-16(14)21/h2-8H,9-11H2,1H3. The van der Waals surface area contributed by atoms with Crippen LogP contribution in [0.25, 0.3) is 0 Å². The van der Waals surface area contributed by atoms with Gasteiger partial charge in [0.15, 0.2) is 0 Å². The summed E-state index contributed by atoms with van der Waals surface area (Å²) in [6.45, 7) is 1.96. The number of benzene rings is 2. The summed E-state index contributed by atoms with van der Waals surface area (Å²) >= 11 is 12.3. The van der Waals surface area contributed by atoms with Gasteiger partial charge in [0.2, 0.25) is 0 Å². The number of rotatable bonds is 5. The quantitative estimate of drug-likeness (QED) is 0.659. The first-order valence-electron chi connectivity index (χ1n) is 6.64. The second-order valence-corrected chi connectivity index (χ2v) is 5.83. The molecule has 0 spiro atoms. The first-order chi connectivity index (χ1) is 10.0. The third kappa shape index (κ3) is 3.38. The summed E-state index contributed by atoms with van der Waals surface area (Å²) in [7, 11) is 0. The average Bonchev–Trinajstić information content (AvgIpc) is 2.48. The summed E-state index contributed by atoms with van der Waals surface area (Å²) < 4.78 is 27.8. The summed E-state index contributed by atoms with van der Waals surface area (Å²) in [5, 5.41) is 0. The van der Waals surface area contributed by atoms with E-state index in [0.29, 0.717) is 0 Å². The van der Waals surface area contributed by atoms with Gasteiger partial charge in [0.25, 0.3) is 0 Å². The molecule has 0 amide bonds. The van der Waals surface area contributed by atoms with Gasteiger partial charge in [-0.05, 0) is 31.0 Å². The van der Waals surface area contributed by atoms with Crippen LogP contribution in [0.1, 0.15) is 16.7 Å². The van der Waals surface area contributed by atoms with Crippen LogP contribution in [-0.2, 0) is 11.8 Å². The van der Waals surface area contributed by atoms with Crippen LogP contribution < -0.4 is 0 Å². The van der Waals surface area contributed by atoms with E-state index in [1.807, 2.05) is 31.2 Å². The summed E-state index contributed by atoms with van der Waals surface area (Å²) in [6, 6.07) is 11.6. The Labute approximate surface area is 133 Å². The average molecular weight is 329 g/mol. The molecule has 21 heavy (non-hydrogen) atoms. The van der Waals surface area contributed by atoms with Crippen molar-refractivity contribution in [2.45, 2.75) is 18.8 Å². The smallest absolute Gasteiger partial charge is 0.129 e. The topological polar surface area (TPSA) is 0 Å². The van der Waals surface area contributed by atoms with Crippen molar-refractivity contribution in [3.8, 4) is 0 Å². The molecule has 4 heteroatoms. The van der Waals surface area contributed by atoms with Crippen molar-refractivity contribution in [2.24, 2.45) is 0 Å². The Hall–Kier alpha value is -1.12. The van der Waals surface area contributed by atoms with Gasteiger partial charge in [-0.15, -0.1) is 23.2 Å². The number of hydrogen-bond donors (Lipinski definition) is 0. The minimum atomic E-state index is -0.696. The molecule has 0 saturated carbocycles. The minimum absolute atomic E-state index is 0.0281. The van der Waals surface area contributed by atoms with Gasteiger partial charge >= 0.3 is 0 Å². The highest BCUT2D eigenvalue weighted by Crippen LogP contribution is 2.33. The van der Waals surface area contributed by atoms with Crippen molar-refractivity contribution in [3.05, 3.63) is 70.8 Å². The maximum absolute atomic E-state index is 13.9. The number of hydrogen-bond acceptors (Lipinski definition) is 0. The summed E-state index contributed by atoms with van der Waals surface area (Å²) in [4.78, 5) is 0. The lowest BCUT2D eigenvalue weighted by atomic mass is 9.78. The predicted molar refractivity (Wildman–Crippen MR) is 84.4 cm³/mol. The normalized spacial score (nSPS) is 11.7. The zero-order chi connectivity index (χ0) is 15.5. The molecule has 0 aromatic heterocycles. The SMILES string of the molecule is Cc1cccc(C(CCl)(CCl)Cc2c(F)cccc2F)c1. The van der Waals surface area contributed by atoms with Crippen LogP contribution in [0.2, 0.25) is 0 Å². The molecule has 0 N–H and O–H groups in total. The van der Waals surface area contributed by atoms with Gasteiger partial charge in [0.1, 0.15) is 11.6 Å². The molecule has 0 aliphatic carbocycles. The molecule has 0 radical (unpaired) electrons. The second-order valence-electron chi connectivity index (χ2n) is 5.29. The summed E-state index contributed by atoms with van der Waals surface area (Å²) in [6.07, 6.45) is 0.127. The van der Waals surface area contributed by atoms with Crippen molar-refractivity contribution in [3.63, 3.8) is 0 Å². The highest BCUT2D eigenvalue weighted by Gasteiger charge is 2.33.